The molecule has 1 saturated heterocycles. The molecular formula is C25H29ClF3N7O2. The summed E-state index contributed by atoms with van der Waals surface area (Å²) in [6, 6.07) is 4.56. The Kier molecular flexibility index (Phi) is 8.12. The molecule has 3 aromatic rings. The Morgan fingerprint density at radius 2 is 1.95 bits per heavy atom. The van der Waals surface area contributed by atoms with Gasteiger partial charge in [0.05, 0.1) is 28.0 Å². The molecule has 38 heavy (non-hydrogen) atoms. The number of nitrogens with one attached hydrogen (secondary N) is 1. The van der Waals surface area contributed by atoms with Crippen LogP contribution in [0.2, 0.25) is 5.02 Å². The highest BCUT2D eigenvalue weighted by Crippen LogP contribution is 2.36. The lowest BCUT2D eigenvalue weighted by Crippen LogP contribution is -2.39. The number of carbonyl (C=O) groups excluding carboxylic acids is 2. The lowest BCUT2D eigenvalue weighted by molar-refractivity contribution is -0.141. The number of imidazole rings is 1. The first kappa shape index (κ1) is 27.6. The fourth-order valence-electron chi connectivity index (χ4n) is 4.64. The van der Waals surface area contributed by atoms with Crippen LogP contribution in [0.1, 0.15) is 52.9 Å². The van der Waals surface area contributed by atoms with Gasteiger partial charge in [-0.2, -0.15) is 18.3 Å². The van der Waals surface area contributed by atoms with E-state index in [1.165, 1.54) is 34.8 Å². The number of rotatable bonds is 7. The molecule has 204 valence electrons. The number of benzene rings is 1. The van der Waals surface area contributed by atoms with E-state index in [2.05, 4.69) is 15.4 Å². The zero-order valence-corrected chi connectivity index (χ0v) is 21.8. The highest BCUT2D eigenvalue weighted by molar-refractivity contribution is 6.34. The Hall–Kier alpha value is -3.38. The van der Waals surface area contributed by atoms with E-state index in [1.54, 1.807) is 24.0 Å². The number of aryl methyl sites for hydroxylation is 1. The maximum Gasteiger partial charge on any atom is 0.435 e. The molecule has 1 aromatic carbocycles. The molecule has 2 amide bonds. The van der Waals surface area contributed by atoms with Crippen LogP contribution in [0.4, 0.5) is 18.9 Å². The molecule has 0 aliphatic carbocycles. The number of nitrogens with two attached hydrogens (primary N) is 1. The monoisotopic (exact) mass is 551 g/mol. The van der Waals surface area contributed by atoms with Crippen molar-refractivity contribution in [1.82, 2.24) is 24.2 Å². The van der Waals surface area contributed by atoms with Crippen molar-refractivity contribution < 1.29 is 22.8 Å². The van der Waals surface area contributed by atoms with Crippen molar-refractivity contribution in [3.05, 3.63) is 52.7 Å². The molecule has 0 saturated carbocycles. The van der Waals surface area contributed by atoms with Gasteiger partial charge in [-0.3, -0.25) is 14.3 Å². The Balaban J connectivity index is 1.48. The fraction of sp³-hybridized carbons (Fsp3) is 0.440. The third-order valence-corrected chi connectivity index (χ3v) is 7.07. The number of hydrogen-bond donors (Lipinski definition) is 2. The Morgan fingerprint density at radius 3 is 2.55 bits per heavy atom. The lowest BCUT2D eigenvalue weighted by Gasteiger charge is -2.32. The minimum absolute atomic E-state index is 0.0939. The van der Waals surface area contributed by atoms with Crippen LogP contribution in [0.3, 0.4) is 0 Å². The first-order valence-electron chi connectivity index (χ1n) is 12.3. The van der Waals surface area contributed by atoms with Gasteiger partial charge in [-0.25, -0.2) is 4.98 Å². The summed E-state index contributed by atoms with van der Waals surface area (Å²) in [6.45, 7) is 3.82. The number of halogens is 4. The Bertz CT molecular complexity index is 1330. The highest BCUT2D eigenvalue weighted by Gasteiger charge is 2.38. The van der Waals surface area contributed by atoms with Crippen molar-refractivity contribution in [3.63, 3.8) is 0 Å². The standard InChI is InChI=1S/C25H29ClF3N7O2/c1-3-36-14-18(21(33-36)25(27,28)29)20-13-31-22(34(20)2)23(37)32-16-4-5-17(19(26)12-16)24(38)35-10-7-15(6-9-30)8-11-35/h4-5,12-15H,3,6-11,30H2,1-2H3,(H,32,37). The average molecular weight is 552 g/mol. The molecule has 0 bridgehead atoms. The number of hydrogen-bond acceptors (Lipinski definition) is 5. The normalized spacial score (nSPS) is 14.7. The van der Waals surface area contributed by atoms with Crippen LogP contribution in [-0.2, 0) is 19.8 Å². The minimum Gasteiger partial charge on any atom is -0.339 e. The number of piperidine rings is 1. The number of likely N-dealkylation sites (tertiary alicyclic amines) is 1. The second-order valence-corrected chi connectivity index (χ2v) is 9.64. The molecule has 0 unspecified atom stereocenters. The second kappa shape index (κ2) is 11.2. The van der Waals surface area contributed by atoms with Crippen LogP contribution < -0.4 is 11.1 Å². The molecule has 1 aliphatic heterocycles. The van der Waals surface area contributed by atoms with E-state index in [9.17, 15) is 22.8 Å². The van der Waals surface area contributed by atoms with Gasteiger partial charge in [-0.05, 0) is 56.8 Å². The third kappa shape index (κ3) is 5.70. The van der Waals surface area contributed by atoms with Gasteiger partial charge in [-0.15, -0.1) is 0 Å². The van der Waals surface area contributed by atoms with Crippen molar-refractivity contribution >= 4 is 29.1 Å². The van der Waals surface area contributed by atoms with Crippen LogP contribution >= 0.6 is 11.6 Å². The van der Waals surface area contributed by atoms with E-state index in [4.69, 9.17) is 17.3 Å². The summed E-state index contributed by atoms with van der Waals surface area (Å²) in [5.74, 6) is -0.408. The van der Waals surface area contributed by atoms with Crippen molar-refractivity contribution in [2.45, 2.75) is 38.9 Å². The molecule has 4 rings (SSSR count). The smallest absolute Gasteiger partial charge is 0.339 e. The summed E-state index contributed by atoms with van der Waals surface area (Å²) in [5, 5.41) is 6.44. The minimum atomic E-state index is -4.67. The Labute approximate surface area is 222 Å². The third-order valence-electron chi connectivity index (χ3n) is 6.76. The van der Waals surface area contributed by atoms with Crippen LogP contribution in [0, 0.1) is 5.92 Å². The SMILES string of the molecule is CCn1cc(-c2cnc(C(=O)Nc3ccc(C(=O)N4CCC(CCN)CC4)c(Cl)c3)n2C)c(C(F)(F)F)n1. The zero-order valence-electron chi connectivity index (χ0n) is 21.1. The molecule has 3 N–H and O–H groups in total. The van der Waals surface area contributed by atoms with E-state index >= 15 is 0 Å². The van der Waals surface area contributed by atoms with Crippen molar-refractivity contribution in [2.24, 2.45) is 18.7 Å². The molecular weight excluding hydrogens is 523 g/mol. The summed E-state index contributed by atoms with van der Waals surface area (Å²) >= 11 is 6.39. The molecule has 0 spiro atoms. The average Bonchev–Trinajstić information content (AvgIpc) is 3.48. The largest absolute Gasteiger partial charge is 0.435 e. The first-order valence-corrected chi connectivity index (χ1v) is 12.7. The highest BCUT2D eigenvalue weighted by atomic mass is 35.5. The summed E-state index contributed by atoms with van der Waals surface area (Å²) in [6.07, 6.45) is 0.539. The molecule has 2 aromatic heterocycles. The van der Waals surface area contributed by atoms with Gasteiger partial charge in [0, 0.05) is 38.6 Å². The van der Waals surface area contributed by atoms with E-state index in [1.807, 2.05) is 0 Å². The first-order chi connectivity index (χ1) is 18.0. The van der Waals surface area contributed by atoms with Crippen LogP contribution in [0.5, 0.6) is 0 Å². The predicted molar refractivity (Wildman–Crippen MR) is 137 cm³/mol. The van der Waals surface area contributed by atoms with Crippen LogP contribution in [0.25, 0.3) is 11.3 Å². The van der Waals surface area contributed by atoms with E-state index in [0.717, 1.165) is 19.3 Å². The molecule has 0 atom stereocenters. The number of carbonyl (C=O) groups is 2. The van der Waals surface area contributed by atoms with Crippen molar-refractivity contribution in [3.8, 4) is 11.3 Å². The van der Waals surface area contributed by atoms with Crippen molar-refractivity contribution in [1.29, 1.82) is 0 Å². The number of anilines is 1. The van der Waals surface area contributed by atoms with Gasteiger partial charge in [0.1, 0.15) is 0 Å². The van der Waals surface area contributed by atoms with Crippen LogP contribution in [-0.4, -0.2) is 55.7 Å². The summed E-state index contributed by atoms with van der Waals surface area (Å²) in [4.78, 5) is 31.7. The molecule has 0 radical (unpaired) electrons. The molecule has 13 heteroatoms. The molecule has 1 aliphatic rings. The maximum absolute atomic E-state index is 13.5. The van der Waals surface area contributed by atoms with Gasteiger partial charge >= 0.3 is 6.18 Å². The zero-order chi connectivity index (χ0) is 27.6. The second-order valence-electron chi connectivity index (χ2n) is 9.23. The molecule has 1 fully saturated rings. The summed E-state index contributed by atoms with van der Waals surface area (Å²) in [7, 11) is 1.45. The van der Waals surface area contributed by atoms with Gasteiger partial charge in [0.2, 0.25) is 0 Å². The van der Waals surface area contributed by atoms with Gasteiger partial charge < -0.3 is 20.5 Å². The number of amides is 2. The summed E-state index contributed by atoms with van der Waals surface area (Å²) in [5.41, 5.74) is 5.15. The van der Waals surface area contributed by atoms with E-state index in [0.29, 0.717) is 36.8 Å². The van der Waals surface area contributed by atoms with Gasteiger partial charge in [0.25, 0.3) is 11.8 Å². The number of alkyl halides is 3. The predicted octanol–water partition coefficient (Wildman–Crippen LogP) is 4.43. The van der Waals surface area contributed by atoms with E-state index in [-0.39, 0.29) is 34.6 Å². The van der Waals surface area contributed by atoms with Gasteiger partial charge in [-0.1, -0.05) is 11.6 Å². The topological polar surface area (TPSA) is 111 Å². The molecule has 9 nitrogen and oxygen atoms in total. The quantitative estimate of drug-likeness (QED) is 0.451. The molecule has 3 heterocycles. The Morgan fingerprint density at radius 1 is 1.24 bits per heavy atom. The maximum atomic E-state index is 13.5. The lowest BCUT2D eigenvalue weighted by atomic mass is 9.93. The van der Waals surface area contributed by atoms with Crippen molar-refractivity contribution in [2.75, 3.05) is 25.0 Å². The number of nitrogens with zero attached hydrogens (tertiary/aromatic N) is 5. The van der Waals surface area contributed by atoms with Crippen LogP contribution in [0.15, 0.2) is 30.6 Å². The van der Waals surface area contributed by atoms with E-state index < -0.39 is 17.8 Å². The summed E-state index contributed by atoms with van der Waals surface area (Å²) < 4.78 is 43.1. The fourth-order valence-corrected chi connectivity index (χ4v) is 4.90. The van der Waals surface area contributed by atoms with Gasteiger partial charge in [0.15, 0.2) is 11.5 Å². The number of aromatic nitrogens is 4.